The molecule has 2 amide bonds. The molecule has 1 heterocycles. The number of benzene rings is 2. The first kappa shape index (κ1) is 18.7. The van der Waals surface area contributed by atoms with Gasteiger partial charge >= 0.3 is 0 Å². The van der Waals surface area contributed by atoms with Crippen molar-refractivity contribution < 1.29 is 14.3 Å². The molecule has 0 aliphatic rings. The Labute approximate surface area is 160 Å². The first-order chi connectivity index (χ1) is 13.1. The Morgan fingerprint density at radius 2 is 1.74 bits per heavy atom. The number of nitrogens with zero attached hydrogens (tertiary/aromatic N) is 2. The van der Waals surface area contributed by atoms with Crippen LogP contribution in [0.5, 0.6) is 0 Å². The van der Waals surface area contributed by atoms with Crippen molar-refractivity contribution in [3.05, 3.63) is 70.7 Å². The van der Waals surface area contributed by atoms with E-state index in [1.165, 1.54) is 11.3 Å². The van der Waals surface area contributed by atoms with E-state index in [9.17, 15) is 9.59 Å². The Morgan fingerprint density at radius 1 is 1.00 bits per heavy atom. The number of hydrogen-bond acceptors (Lipinski definition) is 6. The zero-order valence-corrected chi connectivity index (χ0v) is 15.5. The van der Waals surface area contributed by atoms with E-state index in [0.29, 0.717) is 34.4 Å². The standard InChI is InChI=1S/C19H18N4O3S/c1-26-12-17-22-23-19(27-17)21-18(25)14-7-9-15(10-8-14)20-16(24)11-13-5-3-2-4-6-13/h2-10H,11-12H2,1H3,(H,20,24)(H,21,23,25). The van der Waals surface area contributed by atoms with Crippen molar-refractivity contribution in [3.63, 3.8) is 0 Å². The van der Waals surface area contributed by atoms with Gasteiger partial charge in [0.1, 0.15) is 11.6 Å². The Bertz CT molecular complexity index is 910. The van der Waals surface area contributed by atoms with Gasteiger partial charge in [0.2, 0.25) is 11.0 Å². The summed E-state index contributed by atoms with van der Waals surface area (Å²) >= 11 is 1.26. The first-order valence-electron chi connectivity index (χ1n) is 8.20. The third-order valence-electron chi connectivity index (χ3n) is 3.59. The topological polar surface area (TPSA) is 93.2 Å². The van der Waals surface area contributed by atoms with Gasteiger partial charge in [-0.3, -0.25) is 14.9 Å². The number of rotatable bonds is 7. The number of amides is 2. The Morgan fingerprint density at radius 3 is 2.44 bits per heavy atom. The molecule has 0 spiro atoms. The molecule has 7 nitrogen and oxygen atoms in total. The summed E-state index contributed by atoms with van der Waals surface area (Å²) < 4.78 is 4.97. The largest absolute Gasteiger partial charge is 0.377 e. The van der Waals surface area contributed by atoms with E-state index in [0.717, 1.165) is 5.56 Å². The van der Waals surface area contributed by atoms with Crippen molar-refractivity contribution in [1.82, 2.24) is 10.2 Å². The lowest BCUT2D eigenvalue weighted by Gasteiger charge is -2.07. The van der Waals surface area contributed by atoms with Gasteiger partial charge in [-0.1, -0.05) is 41.7 Å². The van der Waals surface area contributed by atoms with Crippen molar-refractivity contribution in [3.8, 4) is 0 Å². The maximum atomic E-state index is 12.3. The third kappa shape index (κ3) is 5.44. The zero-order chi connectivity index (χ0) is 19.1. The summed E-state index contributed by atoms with van der Waals surface area (Å²) in [5, 5.41) is 14.4. The molecule has 3 aromatic rings. The van der Waals surface area contributed by atoms with E-state index in [4.69, 9.17) is 4.74 Å². The summed E-state index contributed by atoms with van der Waals surface area (Å²) in [6.07, 6.45) is 0.296. The van der Waals surface area contributed by atoms with Crippen LogP contribution < -0.4 is 10.6 Å². The molecule has 0 aliphatic heterocycles. The second-order valence-corrected chi connectivity index (χ2v) is 6.74. The smallest absolute Gasteiger partial charge is 0.257 e. The van der Waals surface area contributed by atoms with Gasteiger partial charge in [-0.2, -0.15) is 0 Å². The summed E-state index contributed by atoms with van der Waals surface area (Å²) in [5.41, 5.74) is 2.03. The molecule has 0 saturated carbocycles. The van der Waals surface area contributed by atoms with E-state index < -0.39 is 0 Å². The van der Waals surface area contributed by atoms with Gasteiger partial charge in [-0.25, -0.2) is 0 Å². The number of anilines is 2. The summed E-state index contributed by atoms with van der Waals surface area (Å²) in [5.74, 6) is -0.407. The van der Waals surface area contributed by atoms with Crippen LogP contribution in [0.3, 0.4) is 0 Å². The maximum Gasteiger partial charge on any atom is 0.257 e. The molecule has 1 aromatic heterocycles. The van der Waals surface area contributed by atoms with Crippen LogP contribution in [0.25, 0.3) is 0 Å². The summed E-state index contributed by atoms with van der Waals surface area (Å²) in [6.45, 7) is 0.352. The van der Waals surface area contributed by atoms with E-state index in [-0.39, 0.29) is 11.8 Å². The fraction of sp³-hybridized carbons (Fsp3) is 0.158. The average molecular weight is 382 g/mol. The van der Waals surface area contributed by atoms with Crippen LogP contribution in [0, 0.1) is 0 Å². The number of nitrogens with one attached hydrogen (secondary N) is 2. The average Bonchev–Trinajstić information content (AvgIpc) is 3.10. The molecule has 0 radical (unpaired) electrons. The number of methoxy groups -OCH3 is 1. The van der Waals surface area contributed by atoms with Crippen molar-refractivity contribution in [2.75, 3.05) is 17.7 Å². The van der Waals surface area contributed by atoms with Crippen molar-refractivity contribution in [2.24, 2.45) is 0 Å². The van der Waals surface area contributed by atoms with E-state index in [2.05, 4.69) is 20.8 Å². The maximum absolute atomic E-state index is 12.3. The second kappa shape index (κ2) is 9.02. The highest BCUT2D eigenvalue weighted by Crippen LogP contribution is 2.17. The van der Waals surface area contributed by atoms with Crippen LogP contribution in [-0.2, 0) is 22.6 Å². The summed E-state index contributed by atoms with van der Waals surface area (Å²) in [6, 6.07) is 16.2. The summed E-state index contributed by atoms with van der Waals surface area (Å²) in [7, 11) is 1.57. The van der Waals surface area contributed by atoms with E-state index >= 15 is 0 Å². The Hall–Kier alpha value is -3.10. The lowest BCUT2D eigenvalue weighted by Crippen LogP contribution is -2.15. The molecule has 0 atom stereocenters. The minimum Gasteiger partial charge on any atom is -0.377 e. The van der Waals surface area contributed by atoms with Crippen molar-refractivity contribution >= 4 is 34.0 Å². The van der Waals surface area contributed by atoms with Crippen LogP contribution in [0.4, 0.5) is 10.8 Å². The Balaban J connectivity index is 1.55. The molecule has 0 fully saturated rings. The van der Waals surface area contributed by atoms with Gasteiger partial charge in [-0.05, 0) is 29.8 Å². The zero-order valence-electron chi connectivity index (χ0n) is 14.6. The van der Waals surface area contributed by atoms with Crippen LogP contribution in [0.1, 0.15) is 20.9 Å². The van der Waals surface area contributed by atoms with Gasteiger partial charge in [0.05, 0.1) is 6.42 Å². The number of hydrogen-bond donors (Lipinski definition) is 2. The normalized spacial score (nSPS) is 10.4. The van der Waals surface area contributed by atoms with Crippen LogP contribution in [-0.4, -0.2) is 29.1 Å². The minimum atomic E-state index is -0.294. The molecule has 0 saturated heterocycles. The molecule has 3 rings (SSSR count). The third-order valence-corrected chi connectivity index (χ3v) is 4.41. The van der Waals surface area contributed by atoms with Crippen LogP contribution in [0.15, 0.2) is 54.6 Å². The molecular weight excluding hydrogens is 364 g/mol. The molecule has 0 unspecified atom stereocenters. The van der Waals surface area contributed by atoms with Crippen LogP contribution >= 0.6 is 11.3 Å². The first-order valence-corrected chi connectivity index (χ1v) is 9.02. The molecule has 2 N–H and O–H groups in total. The SMILES string of the molecule is COCc1nnc(NC(=O)c2ccc(NC(=O)Cc3ccccc3)cc2)s1. The van der Waals surface area contributed by atoms with E-state index in [1.807, 2.05) is 30.3 Å². The number of carbonyl (C=O) groups excluding carboxylic acids is 2. The molecule has 27 heavy (non-hydrogen) atoms. The fourth-order valence-electron chi connectivity index (χ4n) is 2.35. The molecule has 138 valence electrons. The minimum absolute atomic E-state index is 0.113. The monoisotopic (exact) mass is 382 g/mol. The molecule has 8 heteroatoms. The van der Waals surface area contributed by atoms with Crippen LogP contribution in [0.2, 0.25) is 0 Å². The lowest BCUT2D eigenvalue weighted by atomic mass is 10.1. The van der Waals surface area contributed by atoms with Crippen molar-refractivity contribution in [1.29, 1.82) is 0 Å². The predicted octanol–water partition coefficient (Wildman–Crippen LogP) is 3.12. The number of ether oxygens (including phenoxy) is 1. The number of carbonyl (C=O) groups is 2. The molecule has 2 aromatic carbocycles. The van der Waals surface area contributed by atoms with Crippen molar-refractivity contribution in [2.45, 2.75) is 13.0 Å². The highest BCUT2D eigenvalue weighted by atomic mass is 32.1. The lowest BCUT2D eigenvalue weighted by molar-refractivity contribution is -0.115. The fourth-order valence-corrected chi connectivity index (χ4v) is 3.05. The highest BCUT2D eigenvalue weighted by molar-refractivity contribution is 7.15. The Kier molecular flexibility index (Phi) is 6.24. The molecule has 0 bridgehead atoms. The molecular formula is C19H18N4O3S. The van der Waals surface area contributed by atoms with Gasteiger partial charge in [-0.15, -0.1) is 10.2 Å². The highest BCUT2D eigenvalue weighted by Gasteiger charge is 2.11. The quantitative estimate of drug-likeness (QED) is 0.655. The molecule has 0 aliphatic carbocycles. The van der Waals surface area contributed by atoms with E-state index in [1.54, 1.807) is 31.4 Å². The second-order valence-electron chi connectivity index (χ2n) is 5.68. The number of aromatic nitrogens is 2. The van der Waals surface area contributed by atoms with Gasteiger partial charge in [0.25, 0.3) is 5.91 Å². The van der Waals surface area contributed by atoms with Gasteiger partial charge in [0.15, 0.2) is 0 Å². The predicted molar refractivity (Wildman–Crippen MR) is 104 cm³/mol. The van der Waals surface area contributed by atoms with Gasteiger partial charge in [0, 0.05) is 18.4 Å². The summed E-state index contributed by atoms with van der Waals surface area (Å²) in [4.78, 5) is 24.3. The van der Waals surface area contributed by atoms with Gasteiger partial charge < -0.3 is 10.1 Å².